The molecule has 0 fully saturated rings. The number of hydrogen-bond acceptors (Lipinski definition) is 2. The Hall–Kier alpha value is -1.35. The van der Waals surface area contributed by atoms with Gasteiger partial charge in [-0.05, 0) is 44.5 Å². The Balaban J connectivity index is 2.59. The average Bonchev–Trinajstić information content (AvgIpc) is 2.35. The molecule has 0 amide bonds. The molecule has 1 N–H and O–H groups in total. The van der Waals surface area contributed by atoms with Gasteiger partial charge < -0.3 is 10.1 Å². The molecule has 1 atom stereocenters. The van der Waals surface area contributed by atoms with Crippen LogP contribution in [0.15, 0.2) is 30.9 Å². The molecule has 1 aromatic carbocycles. The predicted molar refractivity (Wildman–Crippen MR) is 68.8 cm³/mol. The smallest absolute Gasteiger partial charge is 0.165 e. The second kappa shape index (κ2) is 7.07. The van der Waals surface area contributed by atoms with Crippen LogP contribution in [0.4, 0.5) is 4.39 Å². The molecule has 0 saturated carbocycles. The van der Waals surface area contributed by atoms with E-state index in [-0.39, 0.29) is 11.9 Å². The number of unbranched alkanes of at least 4 members (excludes halogenated alkanes) is 1. The number of nitrogens with one attached hydrogen (secondary N) is 1. The molecule has 0 aliphatic heterocycles. The van der Waals surface area contributed by atoms with Crippen molar-refractivity contribution in [2.75, 3.05) is 13.7 Å². The molecule has 0 heterocycles. The first-order valence-corrected chi connectivity index (χ1v) is 5.89. The lowest BCUT2D eigenvalue weighted by molar-refractivity contribution is 0.296. The normalized spacial score (nSPS) is 12.2. The molecule has 1 rings (SSSR count). The maximum Gasteiger partial charge on any atom is 0.165 e. The maximum atomic E-state index is 13.7. The van der Waals surface area contributed by atoms with Crippen LogP contribution in [0.25, 0.3) is 0 Å². The fourth-order valence-electron chi connectivity index (χ4n) is 1.48. The van der Waals surface area contributed by atoms with E-state index >= 15 is 0 Å². The lowest BCUT2D eigenvalue weighted by Gasteiger charge is -2.12. The van der Waals surface area contributed by atoms with E-state index in [4.69, 9.17) is 4.74 Å². The van der Waals surface area contributed by atoms with Crippen molar-refractivity contribution in [3.8, 4) is 5.75 Å². The van der Waals surface area contributed by atoms with Gasteiger partial charge in [0.2, 0.25) is 0 Å². The van der Waals surface area contributed by atoms with Gasteiger partial charge in [0.05, 0.1) is 6.61 Å². The minimum absolute atomic E-state index is 0.138. The van der Waals surface area contributed by atoms with Crippen LogP contribution >= 0.6 is 0 Å². The number of allylic oxidation sites excluding steroid dienone is 1. The standard InChI is InChI=1S/C14H20FNO/c1-4-5-6-9-17-14-8-7-12(10-13(14)15)11(2)16-3/h4,7-8,10-11,16H,1,5-6,9H2,2-3H3. The second-order valence-corrected chi connectivity index (χ2v) is 3.98. The van der Waals surface area contributed by atoms with Gasteiger partial charge in [0.1, 0.15) is 0 Å². The molecule has 0 radical (unpaired) electrons. The van der Waals surface area contributed by atoms with Crippen molar-refractivity contribution < 1.29 is 9.13 Å². The Bertz CT molecular complexity index is 365. The first kappa shape index (κ1) is 13.7. The third kappa shape index (κ3) is 4.19. The highest BCUT2D eigenvalue weighted by molar-refractivity contribution is 5.30. The summed E-state index contributed by atoms with van der Waals surface area (Å²) in [6, 6.07) is 5.23. The molecule has 0 aliphatic rings. The van der Waals surface area contributed by atoms with Crippen LogP contribution < -0.4 is 10.1 Å². The SMILES string of the molecule is C=CCCCOc1ccc(C(C)NC)cc1F. The van der Waals surface area contributed by atoms with Crippen molar-refractivity contribution in [3.05, 3.63) is 42.2 Å². The highest BCUT2D eigenvalue weighted by atomic mass is 19.1. The van der Waals surface area contributed by atoms with Crippen LogP contribution in [0.1, 0.15) is 31.4 Å². The third-order valence-corrected chi connectivity index (χ3v) is 2.70. The monoisotopic (exact) mass is 237 g/mol. The Morgan fingerprint density at radius 1 is 1.53 bits per heavy atom. The summed E-state index contributed by atoms with van der Waals surface area (Å²) in [5.41, 5.74) is 0.920. The van der Waals surface area contributed by atoms with E-state index in [0.29, 0.717) is 12.4 Å². The van der Waals surface area contributed by atoms with Crippen molar-refractivity contribution in [2.24, 2.45) is 0 Å². The second-order valence-electron chi connectivity index (χ2n) is 3.98. The van der Waals surface area contributed by atoms with Gasteiger partial charge in [0.25, 0.3) is 0 Å². The van der Waals surface area contributed by atoms with Gasteiger partial charge in [-0.3, -0.25) is 0 Å². The summed E-state index contributed by atoms with van der Waals surface area (Å²) in [4.78, 5) is 0. The quantitative estimate of drug-likeness (QED) is 0.579. The molecule has 0 aromatic heterocycles. The Morgan fingerprint density at radius 2 is 2.29 bits per heavy atom. The number of hydrogen-bond donors (Lipinski definition) is 1. The third-order valence-electron chi connectivity index (χ3n) is 2.70. The Morgan fingerprint density at radius 3 is 2.88 bits per heavy atom. The van der Waals surface area contributed by atoms with Crippen molar-refractivity contribution in [2.45, 2.75) is 25.8 Å². The minimum atomic E-state index is -0.303. The summed E-state index contributed by atoms with van der Waals surface area (Å²) in [5.74, 6) is 0.0179. The van der Waals surface area contributed by atoms with Gasteiger partial charge >= 0.3 is 0 Å². The number of halogens is 1. The molecule has 17 heavy (non-hydrogen) atoms. The van der Waals surface area contributed by atoms with E-state index in [0.717, 1.165) is 18.4 Å². The lowest BCUT2D eigenvalue weighted by atomic mass is 10.1. The van der Waals surface area contributed by atoms with E-state index in [1.54, 1.807) is 6.07 Å². The van der Waals surface area contributed by atoms with Crippen molar-refractivity contribution in [3.63, 3.8) is 0 Å². The zero-order valence-corrected chi connectivity index (χ0v) is 10.5. The van der Waals surface area contributed by atoms with E-state index in [1.807, 2.05) is 26.1 Å². The number of benzene rings is 1. The molecule has 2 nitrogen and oxygen atoms in total. The molecule has 1 aromatic rings. The Labute approximate surface area is 102 Å². The number of ether oxygens (including phenoxy) is 1. The highest BCUT2D eigenvalue weighted by Crippen LogP contribution is 2.22. The zero-order valence-electron chi connectivity index (χ0n) is 10.5. The van der Waals surface area contributed by atoms with Crippen molar-refractivity contribution >= 4 is 0 Å². The molecular weight excluding hydrogens is 217 g/mol. The molecule has 0 spiro atoms. The van der Waals surface area contributed by atoms with Gasteiger partial charge in [-0.1, -0.05) is 12.1 Å². The summed E-state index contributed by atoms with van der Waals surface area (Å²) in [6.45, 7) is 6.13. The molecule has 94 valence electrons. The topological polar surface area (TPSA) is 21.3 Å². The van der Waals surface area contributed by atoms with Gasteiger partial charge in [-0.25, -0.2) is 4.39 Å². The zero-order chi connectivity index (χ0) is 12.7. The van der Waals surface area contributed by atoms with Crippen molar-refractivity contribution in [1.29, 1.82) is 0 Å². The lowest BCUT2D eigenvalue weighted by Crippen LogP contribution is -2.12. The summed E-state index contributed by atoms with van der Waals surface area (Å²) in [5, 5.41) is 3.07. The van der Waals surface area contributed by atoms with Crippen LogP contribution in [0.3, 0.4) is 0 Å². The number of rotatable bonds is 7. The molecule has 1 unspecified atom stereocenters. The summed E-state index contributed by atoms with van der Waals surface area (Å²) in [7, 11) is 1.85. The highest BCUT2D eigenvalue weighted by Gasteiger charge is 2.08. The predicted octanol–water partition coefficient (Wildman–Crippen LogP) is 3.45. The fraction of sp³-hybridized carbons (Fsp3) is 0.429. The van der Waals surface area contributed by atoms with Crippen molar-refractivity contribution in [1.82, 2.24) is 5.32 Å². The van der Waals surface area contributed by atoms with E-state index < -0.39 is 0 Å². The fourth-order valence-corrected chi connectivity index (χ4v) is 1.48. The van der Waals surface area contributed by atoms with Crippen LogP contribution in [0.5, 0.6) is 5.75 Å². The minimum Gasteiger partial charge on any atom is -0.491 e. The first-order valence-electron chi connectivity index (χ1n) is 5.89. The molecule has 0 bridgehead atoms. The van der Waals surface area contributed by atoms with Gasteiger partial charge in [-0.15, -0.1) is 6.58 Å². The van der Waals surface area contributed by atoms with Gasteiger partial charge in [0.15, 0.2) is 11.6 Å². The van der Waals surface area contributed by atoms with E-state index in [1.165, 1.54) is 6.07 Å². The van der Waals surface area contributed by atoms with Gasteiger partial charge in [0, 0.05) is 6.04 Å². The molecule has 0 saturated heterocycles. The maximum absolute atomic E-state index is 13.7. The van der Waals surface area contributed by atoms with Gasteiger partial charge in [-0.2, -0.15) is 0 Å². The van der Waals surface area contributed by atoms with Crippen LogP contribution in [0.2, 0.25) is 0 Å². The molecule has 3 heteroatoms. The molecular formula is C14H20FNO. The van der Waals surface area contributed by atoms with Crippen LogP contribution in [0, 0.1) is 5.82 Å². The largest absolute Gasteiger partial charge is 0.491 e. The average molecular weight is 237 g/mol. The van der Waals surface area contributed by atoms with E-state index in [9.17, 15) is 4.39 Å². The van der Waals surface area contributed by atoms with Crippen LogP contribution in [-0.2, 0) is 0 Å². The first-order chi connectivity index (χ1) is 8.19. The summed E-state index contributed by atoms with van der Waals surface area (Å²) >= 11 is 0. The molecule has 0 aliphatic carbocycles. The Kier molecular flexibility index (Phi) is 5.70. The summed E-state index contributed by atoms with van der Waals surface area (Å²) < 4.78 is 19.0. The summed E-state index contributed by atoms with van der Waals surface area (Å²) in [6.07, 6.45) is 3.57. The van der Waals surface area contributed by atoms with E-state index in [2.05, 4.69) is 11.9 Å². The van der Waals surface area contributed by atoms with Crippen LogP contribution in [-0.4, -0.2) is 13.7 Å².